The van der Waals surface area contributed by atoms with Crippen molar-refractivity contribution in [2.45, 2.75) is 51.4 Å². The van der Waals surface area contributed by atoms with E-state index in [0.717, 1.165) is 25.5 Å². The number of pyridine rings is 1. The van der Waals surface area contributed by atoms with Gasteiger partial charge >= 0.3 is 0 Å². The molecule has 2 heterocycles. The van der Waals surface area contributed by atoms with Gasteiger partial charge in [0.25, 0.3) is 0 Å². The topological polar surface area (TPSA) is 28.2 Å². The predicted molar refractivity (Wildman–Crippen MR) is 89.6 cm³/mol. The number of thioether (sulfide) groups is 1. The molecule has 1 aliphatic heterocycles. The summed E-state index contributed by atoms with van der Waals surface area (Å²) in [7, 11) is 0. The third-order valence-corrected chi connectivity index (χ3v) is 4.68. The molecule has 0 unspecified atom stereocenters. The molecule has 1 aromatic rings. The summed E-state index contributed by atoms with van der Waals surface area (Å²) >= 11 is 2.05. The van der Waals surface area contributed by atoms with Crippen molar-refractivity contribution < 1.29 is 0 Å². The van der Waals surface area contributed by atoms with Crippen LogP contribution in [0.3, 0.4) is 0 Å². The number of nitrogens with zero attached hydrogens (tertiary/aromatic N) is 2. The quantitative estimate of drug-likeness (QED) is 0.925. The van der Waals surface area contributed by atoms with Gasteiger partial charge in [0.15, 0.2) is 0 Å². The van der Waals surface area contributed by atoms with Crippen LogP contribution in [0.25, 0.3) is 0 Å². The molecule has 1 aliphatic rings. The van der Waals surface area contributed by atoms with Crippen LogP contribution in [-0.4, -0.2) is 34.1 Å². The third-order valence-electron chi connectivity index (χ3n) is 3.38. The van der Waals surface area contributed by atoms with Gasteiger partial charge in [-0.3, -0.25) is 0 Å². The van der Waals surface area contributed by atoms with Crippen molar-refractivity contribution in [2.75, 3.05) is 23.7 Å². The average Bonchev–Trinajstić information content (AvgIpc) is 2.35. The van der Waals surface area contributed by atoms with E-state index in [4.69, 9.17) is 0 Å². The van der Waals surface area contributed by atoms with Crippen LogP contribution < -0.4 is 10.2 Å². The Labute approximate surface area is 127 Å². The third kappa shape index (κ3) is 4.67. The zero-order chi connectivity index (χ0) is 14.8. The van der Waals surface area contributed by atoms with Gasteiger partial charge < -0.3 is 10.2 Å². The lowest BCUT2D eigenvalue weighted by atomic mass is 10.1. The number of rotatable bonds is 3. The molecule has 0 spiro atoms. The Bertz CT molecular complexity index is 451. The molecular weight excluding hydrogens is 266 g/mol. The molecule has 0 aromatic carbocycles. The fraction of sp³-hybridized carbons (Fsp3) is 0.688. The lowest BCUT2D eigenvalue weighted by Gasteiger charge is -2.38. The van der Waals surface area contributed by atoms with E-state index in [2.05, 4.69) is 73.7 Å². The van der Waals surface area contributed by atoms with E-state index in [1.54, 1.807) is 0 Å². The number of hydrogen-bond donors (Lipinski definition) is 1. The van der Waals surface area contributed by atoms with Crippen LogP contribution in [0, 0.1) is 0 Å². The van der Waals surface area contributed by atoms with Gasteiger partial charge in [0.2, 0.25) is 0 Å². The summed E-state index contributed by atoms with van der Waals surface area (Å²) in [6.45, 7) is 14.3. The maximum Gasteiger partial charge on any atom is 0.128 e. The van der Waals surface area contributed by atoms with Crippen LogP contribution in [0.5, 0.6) is 0 Å². The molecule has 1 saturated heterocycles. The first-order valence-electron chi connectivity index (χ1n) is 7.34. The van der Waals surface area contributed by atoms with Gasteiger partial charge in [-0.25, -0.2) is 4.98 Å². The van der Waals surface area contributed by atoms with Crippen molar-refractivity contribution >= 4 is 17.6 Å². The monoisotopic (exact) mass is 293 g/mol. The number of anilines is 1. The normalized spacial score (nSPS) is 19.1. The van der Waals surface area contributed by atoms with Gasteiger partial charge in [-0.15, -0.1) is 0 Å². The first-order valence-corrected chi connectivity index (χ1v) is 8.33. The Balaban J connectivity index is 2.05. The zero-order valence-corrected chi connectivity index (χ0v) is 14.2. The van der Waals surface area contributed by atoms with Crippen molar-refractivity contribution in [3.05, 3.63) is 23.9 Å². The SMILES string of the molecule is CC(C)(C)NCc1ccnc(N2CCSC(C)(C)C2)c1. The summed E-state index contributed by atoms with van der Waals surface area (Å²) in [5, 5.41) is 3.53. The standard InChI is InChI=1S/C16H27N3S/c1-15(2,3)18-11-13-6-7-17-14(10-13)19-8-9-20-16(4,5)12-19/h6-7,10,18H,8-9,11-12H2,1-5H3. The van der Waals surface area contributed by atoms with Gasteiger partial charge in [-0.2, -0.15) is 11.8 Å². The van der Waals surface area contributed by atoms with Crippen molar-refractivity contribution in [1.82, 2.24) is 10.3 Å². The molecule has 20 heavy (non-hydrogen) atoms. The van der Waals surface area contributed by atoms with Gasteiger partial charge in [0.05, 0.1) is 0 Å². The lowest BCUT2D eigenvalue weighted by Crippen LogP contribution is -2.43. The second kappa shape index (κ2) is 5.94. The second-order valence-corrected chi connectivity index (χ2v) is 8.96. The van der Waals surface area contributed by atoms with E-state index in [0.29, 0.717) is 4.75 Å². The molecule has 1 fully saturated rings. The smallest absolute Gasteiger partial charge is 0.128 e. The van der Waals surface area contributed by atoms with Gasteiger partial charge in [-0.05, 0) is 52.3 Å². The van der Waals surface area contributed by atoms with E-state index in [1.165, 1.54) is 11.3 Å². The van der Waals surface area contributed by atoms with E-state index >= 15 is 0 Å². The molecule has 0 atom stereocenters. The largest absolute Gasteiger partial charge is 0.354 e. The highest BCUT2D eigenvalue weighted by Crippen LogP contribution is 2.31. The summed E-state index contributed by atoms with van der Waals surface area (Å²) < 4.78 is 0.319. The highest BCUT2D eigenvalue weighted by Gasteiger charge is 2.27. The van der Waals surface area contributed by atoms with E-state index in [9.17, 15) is 0 Å². The van der Waals surface area contributed by atoms with Crippen molar-refractivity contribution in [3.63, 3.8) is 0 Å². The minimum Gasteiger partial charge on any atom is -0.354 e. The minimum absolute atomic E-state index is 0.146. The summed E-state index contributed by atoms with van der Waals surface area (Å²) in [6.07, 6.45) is 1.93. The first-order chi connectivity index (χ1) is 9.25. The Morgan fingerprint density at radius 3 is 2.80 bits per heavy atom. The number of hydrogen-bond acceptors (Lipinski definition) is 4. The van der Waals surface area contributed by atoms with Gasteiger partial charge in [-0.1, -0.05) is 0 Å². The molecule has 0 saturated carbocycles. The Morgan fingerprint density at radius 2 is 2.15 bits per heavy atom. The number of nitrogens with one attached hydrogen (secondary N) is 1. The molecule has 3 nitrogen and oxygen atoms in total. The molecule has 0 amide bonds. The van der Waals surface area contributed by atoms with Crippen LogP contribution in [0.4, 0.5) is 5.82 Å². The van der Waals surface area contributed by atoms with Crippen LogP contribution in [-0.2, 0) is 6.54 Å². The fourth-order valence-corrected chi connectivity index (χ4v) is 3.43. The zero-order valence-electron chi connectivity index (χ0n) is 13.4. The maximum atomic E-state index is 4.56. The molecule has 1 aromatic heterocycles. The predicted octanol–water partition coefficient (Wildman–Crippen LogP) is 3.30. The Kier molecular flexibility index (Phi) is 4.65. The van der Waals surface area contributed by atoms with Crippen LogP contribution in [0.15, 0.2) is 18.3 Å². The molecular formula is C16H27N3S. The van der Waals surface area contributed by atoms with Gasteiger partial charge in [0.1, 0.15) is 5.82 Å². The second-order valence-electron chi connectivity index (χ2n) is 7.16. The van der Waals surface area contributed by atoms with Crippen LogP contribution in [0.1, 0.15) is 40.2 Å². The molecule has 1 N–H and O–H groups in total. The Morgan fingerprint density at radius 1 is 1.40 bits per heavy atom. The highest BCUT2D eigenvalue weighted by atomic mass is 32.2. The van der Waals surface area contributed by atoms with Crippen molar-refractivity contribution in [1.29, 1.82) is 0 Å². The van der Waals surface area contributed by atoms with E-state index in [-0.39, 0.29) is 5.54 Å². The van der Waals surface area contributed by atoms with Crippen LogP contribution in [0.2, 0.25) is 0 Å². The van der Waals surface area contributed by atoms with Gasteiger partial charge in [0, 0.05) is 41.9 Å². The van der Waals surface area contributed by atoms with E-state index in [1.807, 2.05) is 6.20 Å². The summed E-state index contributed by atoms with van der Waals surface area (Å²) in [5.41, 5.74) is 1.45. The summed E-state index contributed by atoms with van der Waals surface area (Å²) in [4.78, 5) is 6.98. The van der Waals surface area contributed by atoms with Crippen LogP contribution >= 0.6 is 11.8 Å². The molecule has 112 valence electrons. The fourth-order valence-electron chi connectivity index (χ4n) is 2.32. The lowest BCUT2D eigenvalue weighted by molar-refractivity contribution is 0.424. The van der Waals surface area contributed by atoms with Crippen molar-refractivity contribution in [2.24, 2.45) is 0 Å². The number of aromatic nitrogens is 1. The van der Waals surface area contributed by atoms with E-state index < -0.39 is 0 Å². The molecule has 4 heteroatoms. The highest BCUT2D eigenvalue weighted by molar-refractivity contribution is 8.00. The maximum absolute atomic E-state index is 4.56. The Hall–Kier alpha value is -0.740. The molecule has 0 aliphatic carbocycles. The molecule has 2 rings (SSSR count). The molecule has 0 radical (unpaired) electrons. The average molecular weight is 293 g/mol. The molecule has 0 bridgehead atoms. The summed E-state index contributed by atoms with van der Waals surface area (Å²) in [6, 6.07) is 4.33. The first kappa shape index (κ1) is 15.6. The van der Waals surface area contributed by atoms with Crippen molar-refractivity contribution in [3.8, 4) is 0 Å². The summed E-state index contributed by atoms with van der Waals surface area (Å²) in [5.74, 6) is 2.30. The minimum atomic E-state index is 0.146.